The Bertz CT molecular complexity index is 480. The summed E-state index contributed by atoms with van der Waals surface area (Å²) in [7, 11) is 0. The molecule has 2 heterocycles. The number of halogens is 3. The van der Waals surface area contributed by atoms with Crippen LogP contribution in [0.1, 0.15) is 10.6 Å². The molecular formula is C11H9F3N2S. The maximum Gasteiger partial charge on any atom is 0.433 e. The normalized spacial score (nSPS) is 11.5. The maximum atomic E-state index is 12.4. The Morgan fingerprint density at radius 3 is 2.65 bits per heavy atom. The van der Waals surface area contributed by atoms with E-state index < -0.39 is 11.9 Å². The van der Waals surface area contributed by atoms with Gasteiger partial charge < -0.3 is 5.32 Å². The van der Waals surface area contributed by atoms with E-state index in [9.17, 15) is 13.2 Å². The topological polar surface area (TPSA) is 24.9 Å². The number of anilines is 1. The zero-order valence-electron chi connectivity index (χ0n) is 8.66. The van der Waals surface area contributed by atoms with E-state index in [1.165, 1.54) is 23.5 Å². The number of hydrogen-bond donors (Lipinski definition) is 1. The van der Waals surface area contributed by atoms with Crippen molar-refractivity contribution in [3.05, 3.63) is 46.3 Å². The van der Waals surface area contributed by atoms with Crippen molar-refractivity contribution in [2.45, 2.75) is 12.7 Å². The molecule has 0 saturated carbocycles. The minimum atomic E-state index is -4.40. The van der Waals surface area contributed by atoms with Crippen molar-refractivity contribution in [2.24, 2.45) is 0 Å². The van der Waals surface area contributed by atoms with Gasteiger partial charge in [0, 0.05) is 4.88 Å². The van der Waals surface area contributed by atoms with Crippen LogP contribution in [0.5, 0.6) is 0 Å². The summed E-state index contributed by atoms with van der Waals surface area (Å²) in [5.74, 6) is 0.230. The van der Waals surface area contributed by atoms with Gasteiger partial charge in [0.05, 0.1) is 6.54 Å². The minimum Gasteiger partial charge on any atom is -0.365 e. The van der Waals surface area contributed by atoms with Gasteiger partial charge in [-0.25, -0.2) is 4.98 Å². The Morgan fingerprint density at radius 1 is 1.18 bits per heavy atom. The van der Waals surface area contributed by atoms with Gasteiger partial charge in [-0.05, 0) is 23.6 Å². The zero-order chi connectivity index (χ0) is 12.3. The third kappa shape index (κ3) is 3.20. The van der Waals surface area contributed by atoms with E-state index in [-0.39, 0.29) is 5.82 Å². The van der Waals surface area contributed by atoms with Gasteiger partial charge in [-0.2, -0.15) is 13.2 Å². The highest BCUT2D eigenvalue weighted by Gasteiger charge is 2.32. The number of nitrogens with zero attached hydrogens (tertiary/aromatic N) is 1. The van der Waals surface area contributed by atoms with Crippen LogP contribution in [0.3, 0.4) is 0 Å². The maximum absolute atomic E-state index is 12.4. The van der Waals surface area contributed by atoms with E-state index in [2.05, 4.69) is 10.3 Å². The van der Waals surface area contributed by atoms with Crippen molar-refractivity contribution in [3.8, 4) is 0 Å². The second-order valence-corrected chi connectivity index (χ2v) is 4.37. The molecule has 6 heteroatoms. The fourth-order valence-electron chi connectivity index (χ4n) is 1.28. The predicted octanol–water partition coefficient (Wildman–Crippen LogP) is 3.77. The standard InChI is InChI=1S/C11H9F3N2S/c12-11(13,14)9-4-1-5-10(16-9)15-7-8-3-2-6-17-8/h1-6H,7H2,(H,15,16). The number of thiophene rings is 1. The van der Waals surface area contributed by atoms with Crippen LogP contribution in [-0.4, -0.2) is 4.98 Å². The average molecular weight is 258 g/mol. The van der Waals surface area contributed by atoms with E-state index >= 15 is 0 Å². The Labute approximate surface area is 100 Å². The van der Waals surface area contributed by atoms with Gasteiger partial charge in [0.25, 0.3) is 0 Å². The number of alkyl halides is 3. The predicted molar refractivity (Wildman–Crippen MR) is 60.9 cm³/mol. The van der Waals surface area contributed by atoms with Crippen LogP contribution in [0, 0.1) is 0 Å². The molecule has 0 bridgehead atoms. The van der Waals surface area contributed by atoms with Crippen molar-refractivity contribution in [3.63, 3.8) is 0 Å². The molecule has 0 aliphatic carbocycles. The van der Waals surface area contributed by atoms with E-state index in [1.54, 1.807) is 0 Å². The molecule has 0 radical (unpaired) electrons. The summed E-state index contributed by atoms with van der Waals surface area (Å²) >= 11 is 1.54. The van der Waals surface area contributed by atoms with E-state index in [0.29, 0.717) is 6.54 Å². The molecule has 2 aromatic rings. The first-order chi connectivity index (χ1) is 8.05. The third-order valence-electron chi connectivity index (χ3n) is 2.06. The van der Waals surface area contributed by atoms with Crippen LogP contribution >= 0.6 is 11.3 Å². The molecule has 90 valence electrons. The van der Waals surface area contributed by atoms with Gasteiger partial charge in [-0.3, -0.25) is 0 Å². The van der Waals surface area contributed by atoms with Crippen molar-refractivity contribution >= 4 is 17.2 Å². The molecule has 2 aromatic heterocycles. The van der Waals surface area contributed by atoms with Gasteiger partial charge in [0.15, 0.2) is 0 Å². The van der Waals surface area contributed by atoms with Gasteiger partial charge >= 0.3 is 6.18 Å². The number of nitrogens with one attached hydrogen (secondary N) is 1. The largest absolute Gasteiger partial charge is 0.433 e. The minimum absolute atomic E-state index is 0.230. The highest BCUT2D eigenvalue weighted by Crippen LogP contribution is 2.28. The monoisotopic (exact) mass is 258 g/mol. The summed E-state index contributed by atoms with van der Waals surface area (Å²) in [6.07, 6.45) is -4.40. The molecule has 0 aliphatic rings. The zero-order valence-corrected chi connectivity index (χ0v) is 9.48. The highest BCUT2D eigenvalue weighted by molar-refractivity contribution is 7.09. The fourth-order valence-corrected chi connectivity index (χ4v) is 1.93. The van der Waals surface area contributed by atoms with E-state index in [1.807, 2.05) is 17.5 Å². The van der Waals surface area contributed by atoms with Crippen LogP contribution in [0.15, 0.2) is 35.7 Å². The molecule has 2 nitrogen and oxygen atoms in total. The van der Waals surface area contributed by atoms with Gasteiger partial charge in [-0.15, -0.1) is 11.3 Å². The highest BCUT2D eigenvalue weighted by atomic mass is 32.1. The summed E-state index contributed by atoms with van der Waals surface area (Å²) in [5, 5.41) is 4.77. The van der Waals surface area contributed by atoms with Gasteiger partial charge in [0.2, 0.25) is 0 Å². The lowest BCUT2D eigenvalue weighted by Crippen LogP contribution is -2.09. The number of aromatic nitrogens is 1. The summed E-state index contributed by atoms with van der Waals surface area (Å²) in [6.45, 7) is 0.478. The second-order valence-electron chi connectivity index (χ2n) is 3.34. The van der Waals surface area contributed by atoms with Crippen molar-refractivity contribution in [1.82, 2.24) is 4.98 Å². The van der Waals surface area contributed by atoms with E-state index in [4.69, 9.17) is 0 Å². The molecule has 0 aliphatic heterocycles. The SMILES string of the molecule is FC(F)(F)c1cccc(NCc2cccs2)n1. The number of rotatable bonds is 3. The summed E-state index contributed by atoms with van der Waals surface area (Å²) in [4.78, 5) is 4.56. The van der Waals surface area contributed by atoms with Gasteiger partial charge in [0.1, 0.15) is 11.5 Å². The van der Waals surface area contributed by atoms with Crippen LogP contribution in [-0.2, 0) is 12.7 Å². The average Bonchev–Trinajstić information content (AvgIpc) is 2.78. The van der Waals surface area contributed by atoms with Crippen LogP contribution < -0.4 is 5.32 Å². The fraction of sp³-hybridized carbons (Fsp3) is 0.182. The lowest BCUT2D eigenvalue weighted by molar-refractivity contribution is -0.141. The molecular weight excluding hydrogens is 249 g/mol. The molecule has 0 saturated heterocycles. The Hall–Kier alpha value is -1.56. The lowest BCUT2D eigenvalue weighted by atomic mass is 10.3. The van der Waals surface area contributed by atoms with Crippen molar-refractivity contribution < 1.29 is 13.2 Å². The molecule has 17 heavy (non-hydrogen) atoms. The van der Waals surface area contributed by atoms with Crippen LogP contribution in [0.25, 0.3) is 0 Å². The Kier molecular flexibility index (Phi) is 3.33. The molecule has 0 unspecified atom stereocenters. The summed E-state index contributed by atoms with van der Waals surface area (Å²) < 4.78 is 37.2. The van der Waals surface area contributed by atoms with Crippen molar-refractivity contribution in [2.75, 3.05) is 5.32 Å². The van der Waals surface area contributed by atoms with Crippen LogP contribution in [0.4, 0.5) is 19.0 Å². The number of pyridine rings is 1. The number of hydrogen-bond acceptors (Lipinski definition) is 3. The molecule has 0 amide bonds. The van der Waals surface area contributed by atoms with Crippen molar-refractivity contribution in [1.29, 1.82) is 0 Å². The second kappa shape index (κ2) is 4.75. The first-order valence-electron chi connectivity index (χ1n) is 4.86. The smallest absolute Gasteiger partial charge is 0.365 e. The summed E-state index contributed by atoms with van der Waals surface area (Å²) in [5.41, 5.74) is -0.881. The summed E-state index contributed by atoms with van der Waals surface area (Å²) in [6, 6.07) is 7.61. The Morgan fingerprint density at radius 2 is 2.00 bits per heavy atom. The molecule has 0 fully saturated rings. The molecule has 0 atom stereocenters. The van der Waals surface area contributed by atoms with E-state index in [0.717, 1.165) is 10.9 Å². The lowest BCUT2D eigenvalue weighted by Gasteiger charge is -2.08. The molecule has 0 spiro atoms. The first kappa shape index (κ1) is 11.9. The Balaban J connectivity index is 2.07. The molecule has 1 N–H and O–H groups in total. The quantitative estimate of drug-likeness (QED) is 0.906. The molecule has 0 aromatic carbocycles. The first-order valence-corrected chi connectivity index (χ1v) is 5.74. The molecule has 2 rings (SSSR count). The van der Waals surface area contributed by atoms with Crippen LogP contribution in [0.2, 0.25) is 0 Å². The third-order valence-corrected chi connectivity index (χ3v) is 2.94. The van der Waals surface area contributed by atoms with Gasteiger partial charge in [-0.1, -0.05) is 12.1 Å².